The fourth-order valence-electron chi connectivity index (χ4n) is 2.24. The molecule has 2 atom stereocenters. The molecule has 88 valence electrons. The van der Waals surface area contributed by atoms with Crippen LogP contribution in [0.5, 0.6) is 0 Å². The summed E-state index contributed by atoms with van der Waals surface area (Å²) in [6.45, 7) is 2.91. The normalized spacial score (nSPS) is 22.8. The summed E-state index contributed by atoms with van der Waals surface area (Å²) in [5.74, 6) is 1.15. The lowest BCUT2D eigenvalue weighted by molar-refractivity contribution is -0.131. The second kappa shape index (κ2) is 4.70. The van der Waals surface area contributed by atoms with Crippen molar-refractivity contribution in [1.29, 1.82) is 0 Å². The van der Waals surface area contributed by atoms with Crippen molar-refractivity contribution in [3.05, 3.63) is 24.2 Å². The summed E-state index contributed by atoms with van der Waals surface area (Å²) in [7, 11) is 1.84. The minimum absolute atomic E-state index is 0.000879. The molecule has 1 aliphatic rings. The van der Waals surface area contributed by atoms with E-state index >= 15 is 0 Å². The van der Waals surface area contributed by atoms with E-state index in [2.05, 4.69) is 12.2 Å². The predicted molar refractivity (Wildman–Crippen MR) is 61.1 cm³/mol. The van der Waals surface area contributed by atoms with Crippen LogP contribution < -0.4 is 5.32 Å². The first-order valence-electron chi connectivity index (χ1n) is 5.72. The fourth-order valence-corrected chi connectivity index (χ4v) is 2.24. The number of furan rings is 1. The predicted octanol–water partition coefficient (Wildman–Crippen LogP) is 1.03. The maximum atomic E-state index is 11.9. The van der Waals surface area contributed by atoms with Crippen LogP contribution in [0.25, 0.3) is 0 Å². The van der Waals surface area contributed by atoms with Gasteiger partial charge in [-0.25, -0.2) is 0 Å². The summed E-state index contributed by atoms with van der Waals surface area (Å²) in [6.07, 6.45) is 3.36. The second-order valence-corrected chi connectivity index (χ2v) is 4.29. The Morgan fingerprint density at radius 3 is 3.06 bits per heavy atom. The van der Waals surface area contributed by atoms with Gasteiger partial charge in [0.2, 0.25) is 5.91 Å². The molecule has 1 aromatic heterocycles. The lowest BCUT2D eigenvalue weighted by Gasteiger charge is -2.24. The van der Waals surface area contributed by atoms with Crippen LogP contribution >= 0.6 is 0 Å². The van der Waals surface area contributed by atoms with Crippen molar-refractivity contribution in [2.24, 2.45) is 0 Å². The highest BCUT2D eigenvalue weighted by Gasteiger charge is 2.33. The van der Waals surface area contributed by atoms with Crippen LogP contribution in [0.3, 0.4) is 0 Å². The molecule has 0 bridgehead atoms. The summed E-state index contributed by atoms with van der Waals surface area (Å²) in [5, 5.41) is 3.04. The third-order valence-electron chi connectivity index (χ3n) is 3.20. The van der Waals surface area contributed by atoms with Gasteiger partial charge in [0.05, 0.1) is 12.3 Å². The van der Waals surface area contributed by atoms with Crippen LogP contribution in [0, 0.1) is 0 Å². The minimum Gasteiger partial charge on any atom is -0.469 e. The number of rotatable bonds is 4. The smallest absolute Gasteiger partial charge is 0.240 e. The van der Waals surface area contributed by atoms with Gasteiger partial charge in [0.25, 0.3) is 0 Å². The van der Waals surface area contributed by atoms with Crippen LogP contribution in [0.15, 0.2) is 22.8 Å². The van der Waals surface area contributed by atoms with Gasteiger partial charge in [-0.05, 0) is 32.5 Å². The average molecular weight is 222 g/mol. The molecule has 16 heavy (non-hydrogen) atoms. The molecule has 1 N–H and O–H groups in total. The van der Waals surface area contributed by atoms with Crippen molar-refractivity contribution < 1.29 is 9.21 Å². The highest BCUT2D eigenvalue weighted by atomic mass is 16.3. The molecule has 2 heterocycles. The van der Waals surface area contributed by atoms with Gasteiger partial charge < -0.3 is 14.6 Å². The van der Waals surface area contributed by atoms with E-state index in [1.54, 1.807) is 6.26 Å². The van der Waals surface area contributed by atoms with E-state index in [0.717, 1.165) is 25.1 Å². The Labute approximate surface area is 95.6 Å². The topological polar surface area (TPSA) is 45.5 Å². The Kier molecular flexibility index (Phi) is 3.29. The summed E-state index contributed by atoms with van der Waals surface area (Å²) in [5.41, 5.74) is 0. The Morgan fingerprint density at radius 2 is 2.50 bits per heavy atom. The van der Waals surface area contributed by atoms with Gasteiger partial charge in [0, 0.05) is 19.0 Å². The van der Waals surface area contributed by atoms with Crippen LogP contribution in [-0.4, -0.2) is 36.5 Å². The first-order chi connectivity index (χ1) is 7.72. The molecular weight excluding hydrogens is 204 g/mol. The van der Waals surface area contributed by atoms with E-state index < -0.39 is 0 Å². The van der Waals surface area contributed by atoms with Gasteiger partial charge in [0.1, 0.15) is 5.76 Å². The molecular formula is C12H18N2O2. The van der Waals surface area contributed by atoms with Crippen LogP contribution in [-0.2, 0) is 11.2 Å². The molecule has 1 saturated heterocycles. The van der Waals surface area contributed by atoms with Gasteiger partial charge in [-0.3, -0.25) is 4.79 Å². The molecule has 1 fully saturated rings. The van der Waals surface area contributed by atoms with Crippen molar-refractivity contribution in [3.8, 4) is 0 Å². The highest BCUT2D eigenvalue weighted by Crippen LogP contribution is 2.17. The number of likely N-dealkylation sites (N-methyl/N-ethyl adjacent to an activating group) is 1. The van der Waals surface area contributed by atoms with E-state index in [9.17, 15) is 4.79 Å². The number of nitrogens with zero attached hydrogens (tertiary/aromatic N) is 1. The number of carbonyl (C=O) groups excluding carboxylic acids is 1. The second-order valence-electron chi connectivity index (χ2n) is 4.29. The fraction of sp³-hybridized carbons (Fsp3) is 0.583. The van der Waals surface area contributed by atoms with Gasteiger partial charge >= 0.3 is 0 Å². The zero-order chi connectivity index (χ0) is 11.5. The molecule has 4 heteroatoms. The quantitative estimate of drug-likeness (QED) is 0.827. The lowest BCUT2D eigenvalue weighted by Crippen LogP contribution is -2.41. The van der Waals surface area contributed by atoms with Gasteiger partial charge in [0.15, 0.2) is 0 Å². The zero-order valence-electron chi connectivity index (χ0n) is 9.77. The summed E-state index contributed by atoms with van der Waals surface area (Å²) >= 11 is 0. The standard InChI is InChI=1S/C12H18N2O2/c1-9(8-10-4-3-7-16-10)14-6-5-11(13-2)12(14)15/h3-4,7,9,11,13H,5-6,8H2,1-2H3. The average Bonchev–Trinajstić information content (AvgIpc) is 2.87. The van der Waals surface area contributed by atoms with E-state index in [1.807, 2.05) is 24.1 Å². The molecule has 0 aromatic carbocycles. The van der Waals surface area contributed by atoms with E-state index in [0.29, 0.717) is 0 Å². The summed E-state index contributed by atoms with van der Waals surface area (Å²) in [6, 6.07) is 4.03. The Hall–Kier alpha value is -1.29. The van der Waals surface area contributed by atoms with E-state index in [-0.39, 0.29) is 18.0 Å². The van der Waals surface area contributed by atoms with E-state index in [4.69, 9.17) is 4.42 Å². The molecule has 1 aliphatic heterocycles. The number of likely N-dealkylation sites (tertiary alicyclic amines) is 1. The first-order valence-corrected chi connectivity index (χ1v) is 5.72. The minimum atomic E-state index is -0.000879. The van der Waals surface area contributed by atoms with Gasteiger partial charge in [-0.2, -0.15) is 0 Å². The molecule has 4 nitrogen and oxygen atoms in total. The summed E-state index contributed by atoms with van der Waals surface area (Å²) in [4.78, 5) is 13.9. The number of hydrogen-bond donors (Lipinski definition) is 1. The number of amides is 1. The van der Waals surface area contributed by atoms with Crippen molar-refractivity contribution in [2.75, 3.05) is 13.6 Å². The third-order valence-corrected chi connectivity index (χ3v) is 3.20. The van der Waals surface area contributed by atoms with Crippen LogP contribution in [0.2, 0.25) is 0 Å². The lowest BCUT2D eigenvalue weighted by atomic mass is 10.1. The van der Waals surface area contributed by atoms with Crippen LogP contribution in [0.4, 0.5) is 0 Å². The third kappa shape index (κ3) is 2.11. The highest BCUT2D eigenvalue weighted by molar-refractivity contribution is 5.84. The monoisotopic (exact) mass is 222 g/mol. The molecule has 2 unspecified atom stereocenters. The van der Waals surface area contributed by atoms with Crippen molar-refractivity contribution >= 4 is 5.91 Å². The maximum absolute atomic E-state index is 11.9. The van der Waals surface area contributed by atoms with E-state index in [1.165, 1.54) is 0 Å². The summed E-state index contributed by atoms with van der Waals surface area (Å²) < 4.78 is 5.30. The number of carbonyl (C=O) groups is 1. The zero-order valence-corrected chi connectivity index (χ0v) is 9.77. The van der Waals surface area contributed by atoms with Gasteiger partial charge in [-0.1, -0.05) is 0 Å². The van der Waals surface area contributed by atoms with Crippen LogP contribution in [0.1, 0.15) is 19.1 Å². The Morgan fingerprint density at radius 1 is 1.69 bits per heavy atom. The number of hydrogen-bond acceptors (Lipinski definition) is 3. The molecule has 0 radical (unpaired) electrons. The number of nitrogens with one attached hydrogen (secondary N) is 1. The largest absolute Gasteiger partial charge is 0.469 e. The Balaban J connectivity index is 1.95. The SMILES string of the molecule is CNC1CCN(C(C)Cc2ccco2)C1=O. The molecule has 0 saturated carbocycles. The Bertz CT molecular complexity index is 348. The van der Waals surface area contributed by atoms with Crippen molar-refractivity contribution in [1.82, 2.24) is 10.2 Å². The van der Waals surface area contributed by atoms with Gasteiger partial charge in [-0.15, -0.1) is 0 Å². The maximum Gasteiger partial charge on any atom is 0.240 e. The molecule has 0 aliphatic carbocycles. The molecule has 0 spiro atoms. The molecule has 2 rings (SSSR count). The molecule has 1 aromatic rings. The van der Waals surface area contributed by atoms with Crippen molar-refractivity contribution in [2.45, 2.75) is 31.8 Å². The first kappa shape index (κ1) is 11.2. The molecule has 1 amide bonds. The van der Waals surface area contributed by atoms with Crippen molar-refractivity contribution in [3.63, 3.8) is 0 Å².